The van der Waals surface area contributed by atoms with Gasteiger partial charge < -0.3 is 15.1 Å². The largest absolute Gasteiger partial charge is 0.468 e. The topological polar surface area (TPSA) is 54.3 Å². The third-order valence-electron chi connectivity index (χ3n) is 4.45. The summed E-state index contributed by atoms with van der Waals surface area (Å²) in [6, 6.07) is 11.8. The molecule has 1 fully saturated rings. The van der Waals surface area contributed by atoms with Gasteiger partial charge in [-0.05, 0) is 36.6 Å². The van der Waals surface area contributed by atoms with Crippen LogP contribution >= 0.6 is 0 Å². The first kappa shape index (κ1) is 15.8. The first-order valence-corrected chi connectivity index (χ1v) is 8.45. The first-order chi connectivity index (χ1) is 11.3. The number of para-hydroxylation sites is 1. The number of furan rings is 1. The van der Waals surface area contributed by atoms with Crippen molar-refractivity contribution in [2.45, 2.75) is 45.2 Å². The van der Waals surface area contributed by atoms with Crippen LogP contribution in [0.15, 0.2) is 47.1 Å². The van der Waals surface area contributed by atoms with Crippen molar-refractivity contribution < 1.29 is 9.21 Å². The second kappa shape index (κ2) is 7.97. The monoisotopic (exact) mass is 312 g/mol. The number of benzene rings is 1. The zero-order chi connectivity index (χ0) is 15.9. The SMILES string of the molecule is O=C(Nc1ccccc1CNCc1ccco1)C1CCCCC1. The lowest BCUT2D eigenvalue weighted by Crippen LogP contribution is -2.25. The molecule has 1 aromatic heterocycles. The van der Waals surface area contributed by atoms with Gasteiger partial charge in [-0.15, -0.1) is 0 Å². The minimum Gasteiger partial charge on any atom is -0.468 e. The molecule has 0 radical (unpaired) electrons. The molecule has 0 aliphatic heterocycles. The summed E-state index contributed by atoms with van der Waals surface area (Å²) in [5.74, 6) is 1.25. The smallest absolute Gasteiger partial charge is 0.227 e. The predicted octanol–water partition coefficient (Wildman–Crippen LogP) is 4.09. The fraction of sp³-hybridized carbons (Fsp3) is 0.421. The molecule has 1 amide bonds. The second-order valence-corrected chi connectivity index (χ2v) is 6.16. The molecule has 23 heavy (non-hydrogen) atoms. The van der Waals surface area contributed by atoms with E-state index in [1.807, 2.05) is 36.4 Å². The molecule has 0 spiro atoms. The van der Waals surface area contributed by atoms with E-state index < -0.39 is 0 Å². The Balaban J connectivity index is 1.57. The number of nitrogens with one attached hydrogen (secondary N) is 2. The van der Waals surface area contributed by atoms with Crippen LogP contribution in [0, 0.1) is 5.92 Å². The zero-order valence-corrected chi connectivity index (χ0v) is 13.4. The van der Waals surface area contributed by atoms with Crippen LogP contribution in [0.2, 0.25) is 0 Å². The summed E-state index contributed by atoms with van der Waals surface area (Å²) in [5, 5.41) is 6.47. The number of rotatable bonds is 6. The highest BCUT2D eigenvalue weighted by Gasteiger charge is 2.21. The summed E-state index contributed by atoms with van der Waals surface area (Å²) in [6.45, 7) is 1.37. The quantitative estimate of drug-likeness (QED) is 0.844. The Bertz CT molecular complexity index is 616. The Morgan fingerprint density at radius 2 is 1.87 bits per heavy atom. The predicted molar refractivity (Wildman–Crippen MR) is 90.9 cm³/mol. The second-order valence-electron chi connectivity index (χ2n) is 6.16. The molecular formula is C19H24N2O2. The number of hydrogen-bond donors (Lipinski definition) is 2. The third kappa shape index (κ3) is 4.45. The lowest BCUT2D eigenvalue weighted by molar-refractivity contribution is -0.120. The van der Waals surface area contributed by atoms with E-state index in [4.69, 9.17) is 4.42 Å². The minimum absolute atomic E-state index is 0.170. The Hall–Kier alpha value is -2.07. The van der Waals surface area contributed by atoms with Crippen LogP contribution in [0.5, 0.6) is 0 Å². The van der Waals surface area contributed by atoms with Gasteiger partial charge in [0.05, 0.1) is 12.8 Å². The molecule has 1 aliphatic rings. The molecule has 2 aromatic rings. The van der Waals surface area contributed by atoms with E-state index in [0.717, 1.165) is 29.9 Å². The molecule has 1 aromatic carbocycles. The highest BCUT2D eigenvalue weighted by Crippen LogP contribution is 2.25. The van der Waals surface area contributed by atoms with Crippen LogP contribution in [0.4, 0.5) is 5.69 Å². The van der Waals surface area contributed by atoms with E-state index in [-0.39, 0.29) is 11.8 Å². The van der Waals surface area contributed by atoms with Crippen LogP contribution in [0.1, 0.15) is 43.4 Å². The van der Waals surface area contributed by atoms with E-state index in [0.29, 0.717) is 13.1 Å². The van der Waals surface area contributed by atoms with Crippen LogP contribution < -0.4 is 10.6 Å². The molecule has 1 aliphatic carbocycles. The molecule has 0 unspecified atom stereocenters. The van der Waals surface area contributed by atoms with Crippen molar-refractivity contribution in [1.82, 2.24) is 5.32 Å². The zero-order valence-electron chi connectivity index (χ0n) is 13.4. The van der Waals surface area contributed by atoms with Crippen molar-refractivity contribution in [3.63, 3.8) is 0 Å². The molecule has 1 heterocycles. The molecule has 4 heteroatoms. The summed E-state index contributed by atoms with van der Waals surface area (Å²) in [7, 11) is 0. The molecule has 3 rings (SSSR count). The van der Waals surface area contributed by atoms with Crippen molar-refractivity contribution in [3.05, 3.63) is 54.0 Å². The van der Waals surface area contributed by atoms with Crippen molar-refractivity contribution in [2.75, 3.05) is 5.32 Å². The Labute approximate surface area is 137 Å². The molecule has 0 saturated heterocycles. The van der Waals surface area contributed by atoms with E-state index in [1.54, 1.807) is 6.26 Å². The molecule has 1 saturated carbocycles. The van der Waals surface area contributed by atoms with Gasteiger partial charge in [-0.2, -0.15) is 0 Å². The van der Waals surface area contributed by atoms with Gasteiger partial charge in [0.15, 0.2) is 0 Å². The average Bonchev–Trinajstić information content (AvgIpc) is 3.10. The third-order valence-corrected chi connectivity index (χ3v) is 4.45. The van der Waals surface area contributed by atoms with Crippen LogP contribution in [-0.4, -0.2) is 5.91 Å². The number of amides is 1. The van der Waals surface area contributed by atoms with Gasteiger partial charge >= 0.3 is 0 Å². The maximum atomic E-state index is 12.4. The number of anilines is 1. The lowest BCUT2D eigenvalue weighted by atomic mass is 9.88. The van der Waals surface area contributed by atoms with Gasteiger partial charge in [0.2, 0.25) is 5.91 Å². The summed E-state index contributed by atoms with van der Waals surface area (Å²) in [5.41, 5.74) is 2.01. The number of carbonyl (C=O) groups is 1. The molecular weight excluding hydrogens is 288 g/mol. The van der Waals surface area contributed by atoms with Gasteiger partial charge in [-0.25, -0.2) is 0 Å². The van der Waals surface area contributed by atoms with Gasteiger partial charge in [0.1, 0.15) is 5.76 Å². The minimum atomic E-state index is 0.170. The van der Waals surface area contributed by atoms with Gasteiger partial charge in [-0.1, -0.05) is 37.5 Å². The fourth-order valence-corrected chi connectivity index (χ4v) is 3.13. The van der Waals surface area contributed by atoms with Crippen LogP contribution in [0.3, 0.4) is 0 Å². The highest BCUT2D eigenvalue weighted by molar-refractivity contribution is 5.93. The van der Waals surface area contributed by atoms with Gasteiger partial charge in [-0.3, -0.25) is 4.79 Å². The maximum Gasteiger partial charge on any atom is 0.227 e. The van der Waals surface area contributed by atoms with E-state index in [9.17, 15) is 4.79 Å². The Morgan fingerprint density at radius 3 is 2.65 bits per heavy atom. The van der Waals surface area contributed by atoms with Gasteiger partial charge in [0, 0.05) is 18.2 Å². The van der Waals surface area contributed by atoms with Gasteiger partial charge in [0.25, 0.3) is 0 Å². The summed E-state index contributed by atoms with van der Waals surface area (Å²) in [4.78, 5) is 12.4. The first-order valence-electron chi connectivity index (χ1n) is 8.45. The van der Waals surface area contributed by atoms with Crippen molar-refractivity contribution in [2.24, 2.45) is 5.92 Å². The number of carbonyl (C=O) groups excluding carboxylic acids is 1. The maximum absolute atomic E-state index is 12.4. The Morgan fingerprint density at radius 1 is 1.04 bits per heavy atom. The van der Waals surface area contributed by atoms with Crippen molar-refractivity contribution in [3.8, 4) is 0 Å². The summed E-state index contributed by atoms with van der Waals surface area (Å²) >= 11 is 0. The van der Waals surface area contributed by atoms with E-state index >= 15 is 0 Å². The average molecular weight is 312 g/mol. The molecule has 2 N–H and O–H groups in total. The van der Waals surface area contributed by atoms with Crippen LogP contribution in [-0.2, 0) is 17.9 Å². The number of hydrogen-bond acceptors (Lipinski definition) is 3. The van der Waals surface area contributed by atoms with E-state index in [2.05, 4.69) is 10.6 Å². The standard InChI is InChI=1S/C19H24N2O2/c22-19(15-7-2-1-3-8-15)21-18-11-5-4-9-16(18)13-20-14-17-10-6-12-23-17/h4-6,9-12,15,20H,1-3,7-8,13-14H2,(H,21,22). The normalized spacial score (nSPS) is 15.5. The molecule has 0 bridgehead atoms. The van der Waals surface area contributed by atoms with E-state index in [1.165, 1.54) is 19.3 Å². The molecule has 4 nitrogen and oxygen atoms in total. The lowest BCUT2D eigenvalue weighted by Gasteiger charge is -2.21. The summed E-state index contributed by atoms with van der Waals surface area (Å²) in [6.07, 6.45) is 7.32. The Kier molecular flexibility index (Phi) is 5.48. The molecule has 0 atom stereocenters. The van der Waals surface area contributed by atoms with Crippen LogP contribution in [0.25, 0.3) is 0 Å². The van der Waals surface area contributed by atoms with Crippen molar-refractivity contribution in [1.29, 1.82) is 0 Å². The highest BCUT2D eigenvalue weighted by atomic mass is 16.3. The van der Waals surface area contributed by atoms with Crippen molar-refractivity contribution >= 4 is 11.6 Å². The fourth-order valence-electron chi connectivity index (χ4n) is 3.13. The molecule has 122 valence electrons. The summed E-state index contributed by atoms with van der Waals surface area (Å²) < 4.78 is 5.31.